The highest BCUT2D eigenvalue weighted by Crippen LogP contribution is 2.35. The Morgan fingerprint density at radius 2 is 1.52 bits per heavy atom. The van der Waals surface area contributed by atoms with Crippen molar-refractivity contribution < 1.29 is 19.1 Å². The van der Waals surface area contributed by atoms with Gasteiger partial charge < -0.3 is 4.74 Å². The number of amides is 4. The molecular weight excluding hydrogens is 394 g/mol. The first kappa shape index (κ1) is 20.9. The van der Waals surface area contributed by atoms with Gasteiger partial charge in [-0.3, -0.25) is 19.9 Å². The van der Waals surface area contributed by atoms with E-state index in [0.29, 0.717) is 11.4 Å². The van der Waals surface area contributed by atoms with Gasteiger partial charge in [-0.25, -0.2) is 9.59 Å². The number of anilines is 2. The van der Waals surface area contributed by atoms with Crippen LogP contribution in [0, 0.1) is 0 Å². The number of para-hydroxylation sites is 2. The van der Waals surface area contributed by atoms with Crippen LogP contribution in [0.3, 0.4) is 0 Å². The van der Waals surface area contributed by atoms with Crippen molar-refractivity contribution in [2.24, 2.45) is 0 Å². The monoisotopic (exact) mass is 421 g/mol. The summed E-state index contributed by atoms with van der Waals surface area (Å²) in [6.45, 7) is -0.147. The maximum absolute atomic E-state index is 13.0. The molecule has 0 saturated heterocycles. The number of nitrogens with zero attached hydrogens (tertiary/aromatic N) is 2. The number of fused-ring (bicyclic) bond motifs is 1. The maximum atomic E-state index is 13.0. The van der Waals surface area contributed by atoms with Crippen molar-refractivity contribution in [2.45, 2.75) is 51.2 Å². The average Bonchev–Trinajstić information content (AvgIpc) is 3.11. The molecule has 1 heterocycles. The van der Waals surface area contributed by atoms with Crippen LogP contribution in [0.2, 0.25) is 0 Å². The minimum atomic E-state index is -0.620. The van der Waals surface area contributed by atoms with Gasteiger partial charge in [-0.05, 0) is 30.5 Å². The zero-order valence-corrected chi connectivity index (χ0v) is 17.5. The maximum Gasteiger partial charge on any atom is 0.330 e. The van der Waals surface area contributed by atoms with Crippen LogP contribution in [0.4, 0.5) is 21.0 Å². The van der Waals surface area contributed by atoms with E-state index in [4.69, 9.17) is 4.74 Å². The first-order chi connectivity index (χ1) is 15.1. The van der Waals surface area contributed by atoms with Crippen molar-refractivity contribution in [2.75, 3.05) is 16.3 Å². The highest BCUT2D eigenvalue weighted by atomic mass is 16.5. The van der Waals surface area contributed by atoms with E-state index in [-0.39, 0.29) is 19.2 Å². The van der Waals surface area contributed by atoms with Gasteiger partial charge in [0.1, 0.15) is 13.2 Å². The number of imide groups is 1. The number of nitrogens with one attached hydrogen (secondary N) is 1. The van der Waals surface area contributed by atoms with E-state index >= 15 is 0 Å². The number of hydrogen-bond donors (Lipinski definition) is 1. The van der Waals surface area contributed by atoms with E-state index in [9.17, 15) is 14.4 Å². The molecule has 0 aromatic heterocycles. The van der Waals surface area contributed by atoms with Gasteiger partial charge in [0.15, 0.2) is 0 Å². The lowest BCUT2D eigenvalue weighted by atomic mass is 10.1. The molecule has 4 amide bonds. The van der Waals surface area contributed by atoms with Crippen LogP contribution in [0.25, 0.3) is 0 Å². The summed E-state index contributed by atoms with van der Waals surface area (Å²) in [6.07, 6.45) is 6.22. The number of esters is 1. The van der Waals surface area contributed by atoms with Gasteiger partial charge in [-0.2, -0.15) is 0 Å². The van der Waals surface area contributed by atoms with E-state index < -0.39 is 18.0 Å². The van der Waals surface area contributed by atoms with Crippen molar-refractivity contribution in [3.05, 3.63) is 60.2 Å². The Bertz CT molecular complexity index is 939. The van der Waals surface area contributed by atoms with E-state index in [0.717, 1.165) is 44.1 Å². The SMILES string of the molecule is O=C(CN1C(=O)NC(=O)N(C2CCCCCC2)c2ccccc21)OCc1ccccc1. The molecule has 31 heavy (non-hydrogen) atoms. The molecule has 0 atom stereocenters. The minimum Gasteiger partial charge on any atom is -0.459 e. The lowest BCUT2D eigenvalue weighted by molar-refractivity contribution is -0.143. The molecule has 0 radical (unpaired) electrons. The Morgan fingerprint density at radius 3 is 2.23 bits per heavy atom. The third kappa shape index (κ3) is 4.87. The molecule has 162 valence electrons. The third-order valence-electron chi connectivity index (χ3n) is 5.83. The van der Waals surface area contributed by atoms with Gasteiger partial charge in [0, 0.05) is 6.04 Å². The predicted molar refractivity (Wildman–Crippen MR) is 118 cm³/mol. The largest absolute Gasteiger partial charge is 0.459 e. The summed E-state index contributed by atoms with van der Waals surface area (Å²) >= 11 is 0. The van der Waals surface area contributed by atoms with Gasteiger partial charge in [-0.15, -0.1) is 0 Å². The number of rotatable bonds is 5. The van der Waals surface area contributed by atoms with Crippen LogP contribution in [-0.4, -0.2) is 30.6 Å². The molecule has 0 unspecified atom stereocenters. The zero-order valence-electron chi connectivity index (χ0n) is 17.5. The summed E-state index contributed by atoms with van der Waals surface area (Å²) < 4.78 is 5.36. The fourth-order valence-electron chi connectivity index (χ4n) is 4.28. The number of ether oxygens (including phenoxy) is 1. The molecule has 2 aromatic carbocycles. The van der Waals surface area contributed by atoms with Gasteiger partial charge in [-0.1, -0.05) is 68.1 Å². The molecule has 7 heteroatoms. The molecule has 1 fully saturated rings. The molecule has 4 rings (SSSR count). The van der Waals surface area contributed by atoms with Crippen LogP contribution in [0.1, 0.15) is 44.1 Å². The summed E-state index contributed by atoms with van der Waals surface area (Å²) in [5, 5.41) is 2.45. The summed E-state index contributed by atoms with van der Waals surface area (Å²) in [5.74, 6) is -0.538. The van der Waals surface area contributed by atoms with E-state index in [1.54, 1.807) is 17.0 Å². The quantitative estimate of drug-likeness (QED) is 0.565. The summed E-state index contributed by atoms with van der Waals surface area (Å²) in [6, 6.07) is 15.6. The van der Waals surface area contributed by atoms with Crippen LogP contribution in [0.5, 0.6) is 0 Å². The molecule has 2 aliphatic rings. The fraction of sp³-hybridized carbons (Fsp3) is 0.375. The lowest BCUT2D eigenvalue weighted by Crippen LogP contribution is -2.49. The van der Waals surface area contributed by atoms with Gasteiger partial charge >= 0.3 is 18.0 Å². The summed E-state index contributed by atoms with van der Waals surface area (Å²) in [5.41, 5.74) is 2.05. The highest BCUT2D eigenvalue weighted by Gasteiger charge is 2.36. The first-order valence-corrected chi connectivity index (χ1v) is 10.8. The second-order valence-electron chi connectivity index (χ2n) is 7.97. The average molecular weight is 421 g/mol. The Kier molecular flexibility index (Phi) is 6.50. The van der Waals surface area contributed by atoms with Crippen molar-refractivity contribution >= 4 is 29.4 Å². The fourth-order valence-corrected chi connectivity index (χ4v) is 4.28. The Morgan fingerprint density at radius 1 is 0.871 bits per heavy atom. The molecule has 7 nitrogen and oxygen atoms in total. The van der Waals surface area contributed by atoms with Crippen molar-refractivity contribution in [3.63, 3.8) is 0 Å². The number of urea groups is 2. The standard InChI is InChI=1S/C24H27N3O4/c28-22(31-17-18-10-4-3-5-11-18)16-26-20-14-8-9-15-21(20)27(24(30)25-23(26)29)19-12-6-1-2-7-13-19/h3-5,8-11,14-15,19H,1-2,6-7,12-13,16-17H2,(H,25,29,30). The topological polar surface area (TPSA) is 79.0 Å². The number of carbonyl (C=O) groups is 3. The normalized spacial score (nSPS) is 17.4. The smallest absolute Gasteiger partial charge is 0.330 e. The zero-order chi connectivity index (χ0) is 21.6. The number of hydrogen-bond acceptors (Lipinski definition) is 4. The third-order valence-corrected chi connectivity index (χ3v) is 5.83. The van der Waals surface area contributed by atoms with Crippen LogP contribution in [-0.2, 0) is 16.1 Å². The second kappa shape index (κ2) is 9.64. The lowest BCUT2D eigenvalue weighted by Gasteiger charge is -2.30. The highest BCUT2D eigenvalue weighted by molar-refractivity contribution is 6.14. The molecule has 1 aliphatic heterocycles. The Hall–Kier alpha value is -3.35. The van der Waals surface area contributed by atoms with Gasteiger partial charge in [0.25, 0.3) is 0 Å². The van der Waals surface area contributed by atoms with Gasteiger partial charge in [0.05, 0.1) is 11.4 Å². The Balaban J connectivity index is 1.56. The van der Waals surface area contributed by atoms with Crippen molar-refractivity contribution in [1.82, 2.24) is 5.32 Å². The number of carbonyl (C=O) groups excluding carboxylic acids is 3. The minimum absolute atomic E-state index is 0.0291. The molecule has 1 aliphatic carbocycles. The predicted octanol–water partition coefficient (Wildman–Crippen LogP) is 4.61. The molecule has 0 spiro atoms. The summed E-state index contributed by atoms with van der Waals surface area (Å²) in [4.78, 5) is 41.4. The first-order valence-electron chi connectivity index (χ1n) is 10.8. The second-order valence-corrected chi connectivity index (χ2v) is 7.97. The van der Waals surface area contributed by atoms with Crippen molar-refractivity contribution in [1.29, 1.82) is 0 Å². The number of benzene rings is 2. The van der Waals surface area contributed by atoms with E-state index in [2.05, 4.69) is 5.32 Å². The summed E-state index contributed by atoms with van der Waals surface area (Å²) in [7, 11) is 0. The van der Waals surface area contributed by atoms with Crippen LogP contribution in [0.15, 0.2) is 54.6 Å². The van der Waals surface area contributed by atoms with Crippen molar-refractivity contribution in [3.8, 4) is 0 Å². The van der Waals surface area contributed by atoms with E-state index in [1.807, 2.05) is 42.5 Å². The molecular formula is C24H27N3O4. The van der Waals surface area contributed by atoms with E-state index in [1.165, 1.54) is 4.90 Å². The van der Waals surface area contributed by atoms with Crippen LogP contribution < -0.4 is 15.1 Å². The molecule has 0 bridgehead atoms. The molecule has 1 saturated carbocycles. The molecule has 1 N–H and O–H groups in total. The van der Waals surface area contributed by atoms with Crippen LogP contribution >= 0.6 is 0 Å². The van der Waals surface area contributed by atoms with Gasteiger partial charge in [0.2, 0.25) is 0 Å². The Labute approximate surface area is 182 Å². The molecule has 2 aromatic rings.